The molecule has 0 fully saturated rings. The first-order valence-electron chi connectivity index (χ1n) is 21.6. The van der Waals surface area contributed by atoms with Gasteiger partial charge in [-0.1, -0.05) is 156 Å². The number of unbranched alkanes of at least 4 members (excludes halogenated alkanes) is 20. The molecule has 0 saturated carbocycles. The number of aryl methyl sites for hydroxylation is 2. The average Bonchev–Trinajstić information content (AvgIpc) is 3.52. The average molecular weight is 725 g/mol. The third-order valence-electron chi connectivity index (χ3n) is 10.2. The van der Waals surface area contributed by atoms with Crippen molar-refractivity contribution in [3.63, 3.8) is 0 Å². The summed E-state index contributed by atoms with van der Waals surface area (Å²) in [6.07, 6.45) is 30.1. The second kappa shape index (κ2) is 26.6. The summed E-state index contributed by atoms with van der Waals surface area (Å²) in [5.41, 5.74) is 2.30. The van der Waals surface area contributed by atoms with Crippen LogP contribution in [0.3, 0.4) is 0 Å². The maximum Gasteiger partial charge on any atom is 0.140 e. The molecule has 2 aromatic carbocycles. The molecule has 1 aromatic heterocycles. The largest absolute Gasteiger partial charge is 0.493 e. The second-order valence-corrected chi connectivity index (χ2v) is 16.0. The lowest BCUT2D eigenvalue weighted by molar-refractivity contribution is 0.298. The van der Waals surface area contributed by atoms with Crippen molar-refractivity contribution in [3.05, 3.63) is 23.3 Å². The van der Waals surface area contributed by atoms with Gasteiger partial charge in [0.15, 0.2) is 0 Å². The summed E-state index contributed by atoms with van der Waals surface area (Å²) in [7, 11) is 0. The number of thiophene rings is 1. The molecule has 3 rings (SSSR count). The van der Waals surface area contributed by atoms with Gasteiger partial charge >= 0.3 is 0 Å². The summed E-state index contributed by atoms with van der Waals surface area (Å²) in [4.78, 5) is 0. The summed E-state index contributed by atoms with van der Waals surface area (Å²) in [5, 5.41) is 2.29. The normalized spacial score (nSPS) is 11.6. The lowest BCUT2D eigenvalue weighted by Gasteiger charge is -2.16. The molecule has 0 amide bonds. The topological polar surface area (TPSA) is 36.9 Å². The molecule has 5 heteroatoms. The predicted molar refractivity (Wildman–Crippen MR) is 224 cm³/mol. The molecule has 0 aliphatic heterocycles. The van der Waals surface area contributed by atoms with E-state index in [2.05, 4.69) is 53.7 Å². The molecule has 0 atom stereocenters. The van der Waals surface area contributed by atoms with Crippen LogP contribution in [-0.2, 0) is 0 Å². The van der Waals surface area contributed by atoms with Crippen LogP contribution < -0.4 is 18.9 Å². The molecule has 0 bridgehead atoms. The van der Waals surface area contributed by atoms with Crippen molar-refractivity contribution < 1.29 is 18.9 Å². The van der Waals surface area contributed by atoms with Crippen molar-refractivity contribution in [1.82, 2.24) is 0 Å². The Morgan fingerprint density at radius 3 is 0.961 bits per heavy atom. The van der Waals surface area contributed by atoms with Gasteiger partial charge in [0.2, 0.25) is 0 Å². The van der Waals surface area contributed by atoms with Crippen LogP contribution in [-0.4, -0.2) is 26.4 Å². The highest BCUT2D eigenvalue weighted by molar-refractivity contribution is 7.26. The fraction of sp³-hybridized carbons (Fsp3) is 0.739. The number of ether oxygens (including phenoxy) is 4. The minimum atomic E-state index is 0.733. The molecule has 0 aliphatic rings. The van der Waals surface area contributed by atoms with Crippen LogP contribution in [0, 0.1) is 13.8 Å². The molecule has 3 aromatic rings. The van der Waals surface area contributed by atoms with Crippen molar-refractivity contribution >= 4 is 31.5 Å². The molecular weight excluding hydrogens is 649 g/mol. The van der Waals surface area contributed by atoms with E-state index >= 15 is 0 Å². The van der Waals surface area contributed by atoms with Gasteiger partial charge in [-0.2, -0.15) is 0 Å². The van der Waals surface area contributed by atoms with E-state index in [0.29, 0.717) is 0 Å². The van der Waals surface area contributed by atoms with E-state index < -0.39 is 0 Å². The lowest BCUT2D eigenvalue weighted by atomic mass is 10.0. The van der Waals surface area contributed by atoms with Crippen LogP contribution in [0.1, 0.15) is 193 Å². The Hall–Kier alpha value is -2.14. The Balaban J connectivity index is 1.97. The zero-order valence-electron chi connectivity index (χ0n) is 34.0. The third-order valence-corrected chi connectivity index (χ3v) is 11.4. The molecule has 51 heavy (non-hydrogen) atoms. The molecular formula is C46H76O4S. The van der Waals surface area contributed by atoms with Crippen LogP contribution >= 0.6 is 11.3 Å². The molecule has 0 unspecified atom stereocenters. The van der Waals surface area contributed by atoms with E-state index in [4.69, 9.17) is 18.9 Å². The van der Waals surface area contributed by atoms with Gasteiger partial charge in [0.05, 0.1) is 46.6 Å². The predicted octanol–water partition coefficient (Wildman–Crippen LogP) is 15.6. The van der Waals surface area contributed by atoms with E-state index in [-0.39, 0.29) is 0 Å². The van der Waals surface area contributed by atoms with Gasteiger partial charge in [-0.25, -0.2) is 0 Å². The summed E-state index contributed by atoms with van der Waals surface area (Å²) < 4.78 is 29.2. The van der Waals surface area contributed by atoms with Crippen LogP contribution in [0.2, 0.25) is 0 Å². The molecule has 0 aliphatic carbocycles. The molecule has 0 spiro atoms. The van der Waals surface area contributed by atoms with Crippen molar-refractivity contribution in [2.24, 2.45) is 0 Å². The van der Waals surface area contributed by atoms with Gasteiger partial charge in [-0.15, -0.1) is 11.3 Å². The molecule has 0 N–H and O–H groups in total. The van der Waals surface area contributed by atoms with E-state index in [0.717, 1.165) is 97.0 Å². The van der Waals surface area contributed by atoms with E-state index in [1.807, 2.05) is 11.3 Å². The number of rotatable bonds is 32. The zero-order chi connectivity index (χ0) is 36.5. The maximum atomic E-state index is 6.71. The van der Waals surface area contributed by atoms with Crippen molar-refractivity contribution in [2.45, 2.75) is 196 Å². The minimum absolute atomic E-state index is 0.733. The van der Waals surface area contributed by atoms with Gasteiger partial charge < -0.3 is 18.9 Å². The van der Waals surface area contributed by atoms with E-state index in [9.17, 15) is 0 Å². The highest BCUT2D eigenvalue weighted by atomic mass is 32.1. The minimum Gasteiger partial charge on any atom is -0.493 e. The van der Waals surface area contributed by atoms with E-state index in [1.165, 1.54) is 138 Å². The van der Waals surface area contributed by atoms with Gasteiger partial charge in [0.25, 0.3) is 0 Å². The fourth-order valence-electron chi connectivity index (χ4n) is 7.08. The maximum absolute atomic E-state index is 6.71. The first-order chi connectivity index (χ1) is 25.1. The quantitative estimate of drug-likeness (QED) is 0.0601. The molecule has 4 nitrogen and oxygen atoms in total. The summed E-state index contributed by atoms with van der Waals surface area (Å²) in [6, 6.07) is 4.46. The number of hydrogen-bond acceptors (Lipinski definition) is 5. The lowest BCUT2D eigenvalue weighted by Crippen LogP contribution is -2.03. The Morgan fingerprint density at radius 1 is 0.373 bits per heavy atom. The fourth-order valence-corrected chi connectivity index (χ4v) is 8.52. The number of benzene rings is 2. The Kier molecular flexibility index (Phi) is 22.6. The van der Waals surface area contributed by atoms with Crippen LogP contribution in [0.4, 0.5) is 0 Å². The number of hydrogen-bond donors (Lipinski definition) is 0. The molecule has 290 valence electrons. The smallest absolute Gasteiger partial charge is 0.140 e. The van der Waals surface area contributed by atoms with E-state index in [1.54, 1.807) is 0 Å². The van der Waals surface area contributed by atoms with Gasteiger partial charge in [-0.05, 0) is 62.8 Å². The van der Waals surface area contributed by atoms with Crippen LogP contribution in [0.5, 0.6) is 23.0 Å². The first kappa shape index (κ1) is 43.3. The van der Waals surface area contributed by atoms with Crippen molar-refractivity contribution in [3.8, 4) is 23.0 Å². The SMILES string of the molecule is CCCCCCCCOc1c(C)cc(OCCCCCCCC)c2c1sc1c(OCCCCCCCC)c(C)cc(OCCCCCCCC)c12. The standard InChI is InChI=1S/C46H76O4S/c1-7-11-15-19-23-27-31-47-39-35-37(5)43(49-33-29-25-21-17-13-9-3)45-41(39)42-40(48-32-28-24-20-16-12-8-2)36-38(6)44(46(42)51-45)50-34-30-26-22-18-14-10-4/h35-36H,7-34H2,1-6H3. The molecule has 0 saturated heterocycles. The molecule has 1 heterocycles. The molecule has 0 radical (unpaired) electrons. The first-order valence-corrected chi connectivity index (χ1v) is 22.4. The number of fused-ring (bicyclic) bond motifs is 3. The summed E-state index contributed by atoms with van der Waals surface area (Å²) >= 11 is 1.82. The van der Waals surface area contributed by atoms with Gasteiger partial charge in [-0.3, -0.25) is 0 Å². The van der Waals surface area contributed by atoms with Crippen molar-refractivity contribution in [2.75, 3.05) is 26.4 Å². The Bertz CT molecular complexity index is 1240. The summed E-state index contributed by atoms with van der Waals surface area (Å²) in [6.45, 7) is 16.5. The highest BCUT2D eigenvalue weighted by Gasteiger charge is 2.24. The van der Waals surface area contributed by atoms with Crippen molar-refractivity contribution in [1.29, 1.82) is 0 Å². The second-order valence-electron chi connectivity index (χ2n) is 15.0. The Labute approximate surface area is 317 Å². The zero-order valence-corrected chi connectivity index (χ0v) is 34.8. The summed E-state index contributed by atoms with van der Waals surface area (Å²) in [5.74, 6) is 3.94. The third kappa shape index (κ3) is 15.0. The van der Waals surface area contributed by atoms with Crippen LogP contribution in [0.15, 0.2) is 12.1 Å². The monoisotopic (exact) mass is 725 g/mol. The van der Waals surface area contributed by atoms with Gasteiger partial charge in [0, 0.05) is 0 Å². The Morgan fingerprint density at radius 2 is 0.647 bits per heavy atom. The highest BCUT2D eigenvalue weighted by Crippen LogP contribution is 2.52. The van der Waals surface area contributed by atoms with Gasteiger partial charge in [0.1, 0.15) is 23.0 Å². The van der Waals surface area contributed by atoms with Crippen LogP contribution in [0.25, 0.3) is 20.2 Å².